The summed E-state index contributed by atoms with van der Waals surface area (Å²) in [4.78, 5) is 18.1. The van der Waals surface area contributed by atoms with Crippen LogP contribution >= 0.6 is 11.6 Å². The maximum atomic E-state index is 13.5. The van der Waals surface area contributed by atoms with Gasteiger partial charge in [-0.1, -0.05) is 29.8 Å². The van der Waals surface area contributed by atoms with E-state index in [9.17, 15) is 22.5 Å². The summed E-state index contributed by atoms with van der Waals surface area (Å²) in [5.41, 5.74) is -0.321. The average Bonchev–Trinajstić information content (AvgIpc) is 2.78. The molecule has 2 aromatic rings. The predicted molar refractivity (Wildman–Crippen MR) is 104 cm³/mol. The van der Waals surface area contributed by atoms with Crippen molar-refractivity contribution in [2.45, 2.75) is 13.1 Å². The number of hydrogen-bond donors (Lipinski definition) is 0. The fourth-order valence-corrected chi connectivity index (χ4v) is 3.85. The summed E-state index contributed by atoms with van der Waals surface area (Å²) >= 11 is 4.79. The lowest BCUT2D eigenvalue weighted by molar-refractivity contribution is -0.137. The summed E-state index contributed by atoms with van der Waals surface area (Å²) < 4.78 is 52.7. The minimum Gasteiger partial charge on any atom is -0.615 e. The number of aliphatic imine (C=N–C) groups is 1. The van der Waals surface area contributed by atoms with Crippen molar-refractivity contribution in [3.05, 3.63) is 64.2 Å². The zero-order chi connectivity index (χ0) is 20.5. The molecule has 3 rings (SSSR count). The number of carbonyl (C=O) groups is 1. The van der Waals surface area contributed by atoms with Crippen molar-refractivity contribution in [1.29, 1.82) is 0 Å². The Balaban J connectivity index is 2.20. The number of fused-ring (bicyclic) bond motifs is 1. The van der Waals surface area contributed by atoms with E-state index in [1.165, 1.54) is 35.2 Å². The summed E-state index contributed by atoms with van der Waals surface area (Å²) in [6.07, 6.45) is -4.59. The van der Waals surface area contributed by atoms with Crippen LogP contribution in [0.5, 0.6) is 0 Å². The second-order valence-corrected chi connectivity index (χ2v) is 8.20. The third-order valence-corrected chi connectivity index (χ3v) is 5.69. The van der Waals surface area contributed by atoms with Gasteiger partial charge in [-0.25, -0.2) is 0 Å². The Morgan fingerprint density at radius 1 is 1.21 bits per heavy atom. The highest BCUT2D eigenvalue weighted by Crippen LogP contribution is 2.36. The van der Waals surface area contributed by atoms with Crippen LogP contribution in [0.25, 0.3) is 0 Å². The van der Waals surface area contributed by atoms with Gasteiger partial charge >= 0.3 is 6.18 Å². The minimum atomic E-state index is -4.59. The largest absolute Gasteiger partial charge is 0.615 e. The molecule has 1 amide bonds. The van der Waals surface area contributed by atoms with Crippen LogP contribution in [0.3, 0.4) is 0 Å². The van der Waals surface area contributed by atoms with E-state index in [0.29, 0.717) is 22.0 Å². The van der Waals surface area contributed by atoms with Gasteiger partial charge in [0.05, 0.1) is 17.0 Å². The smallest absolute Gasteiger partial charge is 0.417 e. The molecule has 1 aliphatic rings. The van der Waals surface area contributed by atoms with Crippen LogP contribution in [-0.4, -0.2) is 34.3 Å². The molecule has 1 unspecified atom stereocenters. The summed E-state index contributed by atoms with van der Waals surface area (Å²) in [7, 11) is 0. The van der Waals surface area contributed by atoms with Crippen molar-refractivity contribution in [3.63, 3.8) is 0 Å². The molecule has 1 heterocycles. The molecule has 1 atom stereocenters. The van der Waals surface area contributed by atoms with Crippen molar-refractivity contribution in [1.82, 2.24) is 0 Å². The first-order valence-electron chi connectivity index (χ1n) is 8.38. The molecule has 2 aromatic carbocycles. The topological polar surface area (TPSA) is 55.7 Å². The highest BCUT2D eigenvalue weighted by Gasteiger charge is 2.36. The Hall–Kier alpha value is -2.03. The van der Waals surface area contributed by atoms with Gasteiger partial charge in [-0.3, -0.25) is 14.7 Å². The summed E-state index contributed by atoms with van der Waals surface area (Å²) in [6, 6.07) is 9.62. The molecule has 0 saturated carbocycles. The van der Waals surface area contributed by atoms with Gasteiger partial charge in [0, 0.05) is 16.1 Å². The van der Waals surface area contributed by atoms with Crippen molar-refractivity contribution >= 4 is 40.1 Å². The van der Waals surface area contributed by atoms with Crippen LogP contribution in [0, 0.1) is 0 Å². The van der Waals surface area contributed by atoms with E-state index in [4.69, 9.17) is 11.6 Å². The third-order valence-electron chi connectivity index (χ3n) is 4.26. The number of carbonyl (C=O) groups excluding carboxylic acids is 1. The second kappa shape index (κ2) is 8.14. The molecule has 0 radical (unpaired) electrons. The minimum absolute atomic E-state index is 0.0311. The van der Waals surface area contributed by atoms with Crippen molar-refractivity contribution in [2.24, 2.45) is 4.99 Å². The quantitative estimate of drug-likeness (QED) is 0.683. The summed E-state index contributed by atoms with van der Waals surface area (Å²) in [5.74, 6) is -0.157. The molecule has 0 N–H and O–H groups in total. The van der Waals surface area contributed by atoms with E-state index in [0.717, 1.165) is 6.07 Å². The molecular weight excluding hydrogens is 413 g/mol. The maximum Gasteiger partial charge on any atom is 0.417 e. The molecule has 4 nitrogen and oxygen atoms in total. The standard InChI is InChI=1S/C19H16ClF3N2O2S/c1-2-28(27)11-25-16-8-7-12(20)9-14(16)18(24-10-17(25)26)13-5-3-4-6-15(13)19(21,22)23/h3-9H,2,10-11H2,1H3. The number of hydrogen-bond acceptors (Lipinski definition) is 3. The Morgan fingerprint density at radius 2 is 1.93 bits per heavy atom. The second-order valence-electron chi connectivity index (χ2n) is 6.05. The van der Waals surface area contributed by atoms with Gasteiger partial charge in [0.2, 0.25) is 0 Å². The predicted octanol–water partition coefficient (Wildman–Crippen LogP) is 4.27. The Kier molecular flexibility index (Phi) is 6.02. The number of nitrogens with zero attached hydrogens (tertiary/aromatic N) is 2. The van der Waals surface area contributed by atoms with Crippen LogP contribution in [-0.2, 0) is 22.1 Å². The van der Waals surface area contributed by atoms with E-state index < -0.39 is 28.8 Å². The van der Waals surface area contributed by atoms with Gasteiger partial charge < -0.3 is 4.55 Å². The van der Waals surface area contributed by atoms with Gasteiger partial charge in [-0.05, 0) is 42.4 Å². The van der Waals surface area contributed by atoms with E-state index in [2.05, 4.69) is 4.99 Å². The lowest BCUT2D eigenvalue weighted by Crippen LogP contribution is -2.37. The molecule has 0 aromatic heterocycles. The summed E-state index contributed by atoms with van der Waals surface area (Å²) in [6.45, 7) is 1.37. The Bertz CT molecular complexity index is 934. The number of rotatable bonds is 4. The lowest BCUT2D eigenvalue weighted by atomic mass is 9.96. The van der Waals surface area contributed by atoms with Crippen LogP contribution in [0.1, 0.15) is 23.6 Å². The van der Waals surface area contributed by atoms with Gasteiger partial charge in [-0.15, -0.1) is 0 Å². The fraction of sp³-hybridized carbons (Fsp3) is 0.263. The molecular formula is C19H16ClF3N2O2S. The molecule has 9 heteroatoms. The third kappa shape index (κ3) is 4.19. The lowest BCUT2D eigenvalue weighted by Gasteiger charge is -2.24. The molecule has 28 heavy (non-hydrogen) atoms. The van der Waals surface area contributed by atoms with Crippen LogP contribution < -0.4 is 4.90 Å². The Morgan fingerprint density at radius 3 is 2.61 bits per heavy atom. The summed E-state index contributed by atoms with van der Waals surface area (Å²) in [5, 5.41) is 0.293. The Labute approximate surface area is 168 Å². The average molecular weight is 429 g/mol. The number of anilines is 1. The van der Waals surface area contributed by atoms with E-state index in [1.807, 2.05) is 0 Å². The van der Waals surface area contributed by atoms with Crippen LogP contribution in [0.2, 0.25) is 5.02 Å². The maximum absolute atomic E-state index is 13.5. The highest BCUT2D eigenvalue weighted by atomic mass is 35.5. The monoisotopic (exact) mass is 428 g/mol. The molecule has 0 aliphatic carbocycles. The van der Waals surface area contributed by atoms with E-state index in [1.54, 1.807) is 13.0 Å². The molecule has 0 bridgehead atoms. The highest BCUT2D eigenvalue weighted by molar-refractivity contribution is 7.91. The van der Waals surface area contributed by atoms with Crippen LogP contribution in [0.4, 0.5) is 18.9 Å². The molecule has 0 spiro atoms. The zero-order valence-corrected chi connectivity index (χ0v) is 16.4. The molecule has 148 valence electrons. The SMILES string of the molecule is CC[S+]([O-])CN1C(=O)CN=C(c2ccccc2C(F)(F)F)c2cc(Cl)ccc21. The van der Waals surface area contributed by atoms with Gasteiger partial charge in [0.15, 0.2) is 5.88 Å². The fourth-order valence-electron chi connectivity index (χ4n) is 2.93. The van der Waals surface area contributed by atoms with Crippen molar-refractivity contribution < 1.29 is 22.5 Å². The van der Waals surface area contributed by atoms with Gasteiger partial charge in [0.1, 0.15) is 12.3 Å². The molecule has 1 aliphatic heterocycles. The van der Waals surface area contributed by atoms with Crippen molar-refractivity contribution in [2.75, 3.05) is 23.1 Å². The number of alkyl halides is 3. The van der Waals surface area contributed by atoms with E-state index >= 15 is 0 Å². The first kappa shape index (κ1) is 20.7. The number of benzene rings is 2. The number of benzodiazepines with no additional fused rings is 1. The first-order valence-corrected chi connectivity index (χ1v) is 10.2. The van der Waals surface area contributed by atoms with Gasteiger partial charge in [0.25, 0.3) is 5.91 Å². The number of amides is 1. The van der Waals surface area contributed by atoms with E-state index in [-0.39, 0.29) is 23.7 Å². The molecule has 0 fully saturated rings. The van der Waals surface area contributed by atoms with Gasteiger partial charge in [-0.2, -0.15) is 13.2 Å². The zero-order valence-electron chi connectivity index (χ0n) is 14.8. The molecule has 0 saturated heterocycles. The van der Waals surface area contributed by atoms with Crippen molar-refractivity contribution in [3.8, 4) is 0 Å². The van der Waals surface area contributed by atoms with Crippen LogP contribution in [0.15, 0.2) is 47.5 Å². The normalized spacial score (nSPS) is 15.7. The number of halogens is 4. The first-order chi connectivity index (χ1) is 13.2.